The summed E-state index contributed by atoms with van der Waals surface area (Å²) in [6.45, 7) is 10.8. The number of amides is 4. The second kappa shape index (κ2) is 19.9. The number of carbonyl (C=O) groups excluding carboxylic acids is 4. The molecule has 9 heterocycles. The number of carbonyl (C=O) groups is 4. The van der Waals surface area contributed by atoms with Gasteiger partial charge in [-0.1, -0.05) is 24.6 Å². The van der Waals surface area contributed by atoms with Gasteiger partial charge in [0.2, 0.25) is 23.6 Å². The molecular formula is C57H75N11O5. The Kier molecular flexibility index (Phi) is 13.2. The van der Waals surface area contributed by atoms with Crippen LogP contribution in [-0.2, 0) is 24.6 Å². The Labute approximate surface area is 429 Å². The second-order valence-electron chi connectivity index (χ2n) is 23.4. The molecule has 16 heteroatoms. The van der Waals surface area contributed by atoms with Crippen molar-refractivity contribution in [3.63, 3.8) is 0 Å². The zero-order valence-electron chi connectivity index (χ0n) is 43.0. The summed E-state index contributed by atoms with van der Waals surface area (Å²) < 4.78 is 2.20. The van der Waals surface area contributed by atoms with Gasteiger partial charge in [-0.3, -0.25) is 19.2 Å². The molecule has 3 N–H and O–H groups in total. The number of fused-ring (bicyclic) bond motifs is 3. The van der Waals surface area contributed by atoms with Crippen molar-refractivity contribution in [1.82, 2.24) is 39.5 Å². The zero-order chi connectivity index (χ0) is 50.0. The lowest BCUT2D eigenvalue weighted by Gasteiger charge is -2.48. The lowest BCUT2D eigenvalue weighted by Crippen LogP contribution is -2.58. The van der Waals surface area contributed by atoms with Crippen LogP contribution in [0.15, 0.2) is 48.9 Å². The van der Waals surface area contributed by atoms with Crippen molar-refractivity contribution in [3.8, 4) is 11.3 Å². The van der Waals surface area contributed by atoms with Crippen LogP contribution in [0.1, 0.15) is 146 Å². The highest BCUT2D eigenvalue weighted by molar-refractivity contribution is 6.09. The van der Waals surface area contributed by atoms with Crippen LogP contribution >= 0.6 is 0 Å². The van der Waals surface area contributed by atoms with Crippen molar-refractivity contribution in [2.45, 2.75) is 165 Å². The number of rotatable bonds is 12. The molecule has 7 fully saturated rings. The Morgan fingerprint density at radius 1 is 0.795 bits per heavy atom. The molecule has 2 unspecified atom stereocenters. The van der Waals surface area contributed by atoms with E-state index in [1.165, 1.54) is 19.3 Å². The number of nitrogens with zero attached hydrogens (tertiary/aromatic N) is 9. The maximum atomic E-state index is 15.2. The number of hydrogen-bond acceptors (Lipinski definition) is 11. The molecular weight excluding hydrogens is 919 g/mol. The Balaban J connectivity index is 0.682. The van der Waals surface area contributed by atoms with E-state index in [2.05, 4.69) is 68.0 Å². The predicted octanol–water partition coefficient (Wildman–Crippen LogP) is 7.12. The van der Waals surface area contributed by atoms with Crippen LogP contribution in [0, 0.1) is 11.8 Å². The number of benzene rings is 1. The van der Waals surface area contributed by atoms with Gasteiger partial charge < -0.3 is 44.8 Å². The van der Waals surface area contributed by atoms with E-state index in [-0.39, 0.29) is 47.5 Å². The third-order valence-electron chi connectivity index (χ3n) is 18.3. The summed E-state index contributed by atoms with van der Waals surface area (Å²) in [5.74, 6) is 2.29. The molecule has 0 bridgehead atoms. The summed E-state index contributed by atoms with van der Waals surface area (Å²) in [4.78, 5) is 81.6. The number of aliphatic hydroxyl groups excluding tert-OH is 1. The highest BCUT2D eigenvalue weighted by Gasteiger charge is 2.56. The molecule has 3 aromatic heterocycles. The quantitative estimate of drug-likeness (QED) is 0.132. The number of aromatic nitrogens is 4. The normalized spacial score (nSPS) is 26.9. The van der Waals surface area contributed by atoms with Crippen molar-refractivity contribution in [1.29, 1.82) is 0 Å². The first kappa shape index (κ1) is 48.3. The molecule has 6 aliphatic heterocycles. The maximum absolute atomic E-state index is 15.2. The van der Waals surface area contributed by atoms with E-state index >= 15 is 4.79 Å². The van der Waals surface area contributed by atoms with Crippen LogP contribution in [0.5, 0.6) is 0 Å². The van der Waals surface area contributed by atoms with Gasteiger partial charge in [0.25, 0.3) is 0 Å². The molecule has 3 atom stereocenters. The fourth-order valence-electron chi connectivity index (χ4n) is 13.7. The number of likely N-dealkylation sites (tertiary alicyclic amines) is 3. The summed E-state index contributed by atoms with van der Waals surface area (Å²) in [5.41, 5.74) is 6.13. The molecule has 8 aliphatic rings. The van der Waals surface area contributed by atoms with Gasteiger partial charge in [0.05, 0.1) is 28.9 Å². The molecule has 2 aliphatic carbocycles. The van der Waals surface area contributed by atoms with Gasteiger partial charge >= 0.3 is 0 Å². The lowest BCUT2D eigenvalue weighted by atomic mass is 9.73. The van der Waals surface area contributed by atoms with Crippen LogP contribution < -0.4 is 20.4 Å². The largest absolute Gasteiger partial charge is 0.374 e. The van der Waals surface area contributed by atoms with Crippen LogP contribution in [0.3, 0.4) is 0 Å². The molecule has 4 amide bonds. The van der Waals surface area contributed by atoms with Gasteiger partial charge in [-0.25, -0.2) is 15.0 Å². The Morgan fingerprint density at radius 2 is 1.56 bits per heavy atom. The van der Waals surface area contributed by atoms with Crippen molar-refractivity contribution in [2.75, 3.05) is 67.5 Å². The lowest BCUT2D eigenvalue weighted by molar-refractivity contribution is -0.139. The fraction of sp³-hybridized carbons (Fsp3) is 0.632. The van der Waals surface area contributed by atoms with Crippen LogP contribution in [0.2, 0.25) is 0 Å². The van der Waals surface area contributed by atoms with Crippen molar-refractivity contribution in [2.24, 2.45) is 11.8 Å². The summed E-state index contributed by atoms with van der Waals surface area (Å²) in [6.07, 6.45) is 18.0. The molecule has 1 aromatic carbocycles. The van der Waals surface area contributed by atoms with Crippen molar-refractivity contribution >= 4 is 52.0 Å². The zero-order valence-corrected chi connectivity index (χ0v) is 43.0. The van der Waals surface area contributed by atoms with Crippen LogP contribution in [-0.4, -0.2) is 140 Å². The van der Waals surface area contributed by atoms with Gasteiger partial charge in [0.15, 0.2) is 5.82 Å². The molecule has 388 valence electrons. The van der Waals surface area contributed by atoms with Crippen LogP contribution in [0.4, 0.5) is 17.3 Å². The summed E-state index contributed by atoms with van der Waals surface area (Å²) in [6, 6.07) is 14.0. The minimum Gasteiger partial charge on any atom is -0.374 e. The Morgan fingerprint density at radius 3 is 2.29 bits per heavy atom. The summed E-state index contributed by atoms with van der Waals surface area (Å²) in [7, 11) is 0. The average Bonchev–Trinajstić information content (AvgIpc) is 4.05. The summed E-state index contributed by atoms with van der Waals surface area (Å²) in [5, 5.41) is 16.1. The number of anilines is 3. The Hall–Kier alpha value is -5.61. The predicted molar refractivity (Wildman–Crippen MR) is 281 cm³/mol. The molecule has 1 spiro atoms. The third kappa shape index (κ3) is 9.48. The minimum atomic E-state index is -0.773. The molecule has 12 rings (SSSR count). The van der Waals surface area contributed by atoms with Crippen LogP contribution in [0.25, 0.3) is 22.3 Å². The standard InChI is InChI=1S/C57H75N11O5/c1-36(2)67-35-59-47-32-46(61-54(53(47)67)60-41-10-11-41)39-8-13-45-48(29-39)68(43-30-42(31-43)63-20-4-3-5-21-63)56(73)57(45)18-25-65(26-19-57)51(70)28-38-7-6-22-66(34-38)52(71)27-37-16-23-64(24-17-37)49-14-9-40(33-58-49)44-12-15-50(69)62-55(44)72/h8-9,13-14,29,32-33,35-38,41-44,50,69H,3-7,10-12,15-28,30-31,34H2,1-2H3,(H,60,61)(H,62,72)/t38-,42?,43?,44?,50?/m0/s1. The third-order valence-corrected chi connectivity index (χ3v) is 18.3. The first-order chi connectivity index (χ1) is 35.5. The average molecular weight is 994 g/mol. The Bertz CT molecular complexity index is 2710. The number of nitrogens with one attached hydrogen (secondary N) is 2. The van der Waals surface area contributed by atoms with E-state index in [9.17, 15) is 19.5 Å². The smallest absolute Gasteiger partial charge is 0.238 e. The molecule has 73 heavy (non-hydrogen) atoms. The number of piperidine rings is 5. The fourth-order valence-corrected chi connectivity index (χ4v) is 13.7. The first-order valence-electron chi connectivity index (χ1n) is 28.1. The van der Waals surface area contributed by atoms with E-state index < -0.39 is 11.6 Å². The number of aliphatic hydroxyl groups is 1. The number of pyridine rings is 2. The van der Waals surface area contributed by atoms with Gasteiger partial charge in [-0.15, -0.1) is 0 Å². The van der Waals surface area contributed by atoms with Gasteiger partial charge in [0, 0.05) is 93.7 Å². The van der Waals surface area contributed by atoms with Gasteiger partial charge in [-0.05, 0) is 158 Å². The van der Waals surface area contributed by atoms with Crippen molar-refractivity contribution in [3.05, 3.63) is 60.0 Å². The van der Waals surface area contributed by atoms with E-state index in [1.54, 1.807) is 6.20 Å². The summed E-state index contributed by atoms with van der Waals surface area (Å²) >= 11 is 0. The number of imidazole rings is 1. The highest BCUT2D eigenvalue weighted by Crippen LogP contribution is 2.52. The number of hydrogen-bond donors (Lipinski definition) is 3. The van der Waals surface area contributed by atoms with E-state index in [0.717, 1.165) is 135 Å². The van der Waals surface area contributed by atoms with E-state index in [1.807, 2.05) is 28.3 Å². The molecule has 5 saturated heterocycles. The second-order valence-corrected chi connectivity index (χ2v) is 23.4. The molecule has 16 nitrogen and oxygen atoms in total. The van der Waals surface area contributed by atoms with E-state index in [0.29, 0.717) is 76.2 Å². The maximum Gasteiger partial charge on any atom is 0.238 e. The SMILES string of the molecule is CC(C)n1cnc2cc(-c3ccc4c(c3)N(C3CC(N5CCCCC5)C3)C(=O)C43CCN(C(=O)C[C@@H]4CCCN(C(=O)CC5CCN(c6ccc(C7CCC(O)NC7=O)cn6)CC5)C4)CC3)nc(NC3CC3)c21. The highest BCUT2D eigenvalue weighted by atomic mass is 16.3. The van der Waals surface area contributed by atoms with Crippen molar-refractivity contribution < 1.29 is 24.3 Å². The van der Waals surface area contributed by atoms with Gasteiger partial charge in [0.1, 0.15) is 17.6 Å². The minimum absolute atomic E-state index is 0.128. The van der Waals surface area contributed by atoms with E-state index in [4.69, 9.17) is 15.0 Å². The molecule has 0 radical (unpaired) electrons. The monoisotopic (exact) mass is 994 g/mol. The molecule has 4 aromatic rings. The van der Waals surface area contributed by atoms with Gasteiger partial charge in [-0.2, -0.15) is 0 Å². The topological polar surface area (TPSA) is 172 Å². The molecule has 2 saturated carbocycles. The first-order valence-corrected chi connectivity index (χ1v) is 28.1.